The van der Waals surface area contributed by atoms with Crippen molar-refractivity contribution in [3.8, 4) is 0 Å². The molecular formula is C14H31NO. The molecule has 0 saturated carbocycles. The van der Waals surface area contributed by atoms with E-state index in [1.807, 2.05) is 0 Å². The molecule has 0 rings (SSSR count). The Bertz CT molecular complexity index is 161. The SMILES string of the molecule is CCCC(C)CC(C)(CC)CNCCOC. The van der Waals surface area contributed by atoms with Gasteiger partial charge in [-0.15, -0.1) is 0 Å². The number of hydrogen-bond donors (Lipinski definition) is 1. The van der Waals surface area contributed by atoms with Crippen LogP contribution in [0, 0.1) is 11.3 Å². The van der Waals surface area contributed by atoms with Crippen molar-refractivity contribution in [2.75, 3.05) is 26.8 Å². The first-order valence-electron chi connectivity index (χ1n) is 6.77. The van der Waals surface area contributed by atoms with Gasteiger partial charge in [-0.25, -0.2) is 0 Å². The summed E-state index contributed by atoms with van der Waals surface area (Å²) in [5.41, 5.74) is 0.447. The minimum Gasteiger partial charge on any atom is -0.383 e. The summed E-state index contributed by atoms with van der Waals surface area (Å²) in [6.45, 7) is 12.2. The third kappa shape index (κ3) is 7.24. The Morgan fingerprint density at radius 2 is 2.00 bits per heavy atom. The summed E-state index contributed by atoms with van der Waals surface area (Å²) >= 11 is 0. The van der Waals surface area contributed by atoms with Crippen LogP contribution in [-0.4, -0.2) is 26.8 Å². The van der Waals surface area contributed by atoms with Gasteiger partial charge in [0.05, 0.1) is 6.61 Å². The molecule has 0 bridgehead atoms. The van der Waals surface area contributed by atoms with E-state index in [1.165, 1.54) is 25.7 Å². The molecule has 2 unspecified atom stereocenters. The van der Waals surface area contributed by atoms with Crippen LogP contribution in [0.3, 0.4) is 0 Å². The van der Waals surface area contributed by atoms with Gasteiger partial charge in [0.1, 0.15) is 0 Å². The summed E-state index contributed by atoms with van der Waals surface area (Å²) < 4.78 is 5.05. The Hall–Kier alpha value is -0.0800. The van der Waals surface area contributed by atoms with E-state index in [1.54, 1.807) is 7.11 Å². The summed E-state index contributed by atoms with van der Waals surface area (Å²) in [5.74, 6) is 0.846. The lowest BCUT2D eigenvalue weighted by Crippen LogP contribution is -2.34. The molecule has 0 radical (unpaired) electrons. The van der Waals surface area contributed by atoms with E-state index < -0.39 is 0 Å². The molecule has 16 heavy (non-hydrogen) atoms. The minimum absolute atomic E-state index is 0.447. The molecule has 0 aliphatic rings. The number of methoxy groups -OCH3 is 1. The molecule has 0 aromatic rings. The summed E-state index contributed by atoms with van der Waals surface area (Å²) in [6, 6.07) is 0. The van der Waals surface area contributed by atoms with Gasteiger partial charge < -0.3 is 10.1 Å². The smallest absolute Gasteiger partial charge is 0.0587 e. The molecule has 0 aliphatic heterocycles. The first-order valence-corrected chi connectivity index (χ1v) is 6.77. The number of rotatable bonds is 10. The van der Waals surface area contributed by atoms with Crippen molar-refractivity contribution in [3.63, 3.8) is 0 Å². The Morgan fingerprint density at radius 3 is 2.50 bits per heavy atom. The quantitative estimate of drug-likeness (QED) is 0.579. The van der Waals surface area contributed by atoms with E-state index in [-0.39, 0.29) is 0 Å². The Balaban J connectivity index is 3.89. The van der Waals surface area contributed by atoms with Gasteiger partial charge >= 0.3 is 0 Å². The van der Waals surface area contributed by atoms with Crippen molar-refractivity contribution in [2.24, 2.45) is 11.3 Å². The predicted molar refractivity (Wildman–Crippen MR) is 71.8 cm³/mol. The first-order chi connectivity index (χ1) is 7.58. The fraction of sp³-hybridized carbons (Fsp3) is 1.00. The Kier molecular flexibility index (Phi) is 8.96. The molecule has 0 saturated heterocycles. The molecule has 0 amide bonds. The second-order valence-electron chi connectivity index (χ2n) is 5.43. The predicted octanol–water partition coefficient (Wildman–Crippen LogP) is 3.47. The van der Waals surface area contributed by atoms with Crippen molar-refractivity contribution >= 4 is 0 Å². The monoisotopic (exact) mass is 229 g/mol. The Labute approximate surface area is 102 Å². The number of hydrogen-bond acceptors (Lipinski definition) is 2. The summed E-state index contributed by atoms with van der Waals surface area (Å²) in [5, 5.41) is 3.50. The third-order valence-electron chi connectivity index (χ3n) is 3.51. The standard InChI is InChI=1S/C14H31NO/c1-6-8-13(3)11-14(4,7-2)12-15-9-10-16-5/h13,15H,6-12H2,1-5H3. The highest BCUT2D eigenvalue weighted by Gasteiger charge is 2.23. The molecule has 0 aliphatic carbocycles. The van der Waals surface area contributed by atoms with E-state index in [0.717, 1.165) is 25.6 Å². The first kappa shape index (κ1) is 15.9. The van der Waals surface area contributed by atoms with Crippen LogP contribution in [0.25, 0.3) is 0 Å². The largest absolute Gasteiger partial charge is 0.383 e. The maximum atomic E-state index is 5.05. The highest BCUT2D eigenvalue weighted by molar-refractivity contribution is 4.77. The van der Waals surface area contributed by atoms with Crippen LogP contribution in [-0.2, 0) is 4.74 Å². The van der Waals surface area contributed by atoms with Crippen molar-refractivity contribution in [2.45, 2.75) is 53.4 Å². The number of ether oxygens (including phenoxy) is 1. The number of nitrogens with one attached hydrogen (secondary N) is 1. The lowest BCUT2D eigenvalue weighted by molar-refractivity contribution is 0.181. The minimum atomic E-state index is 0.447. The van der Waals surface area contributed by atoms with Crippen LogP contribution in [0.1, 0.15) is 53.4 Å². The molecular weight excluding hydrogens is 198 g/mol. The van der Waals surface area contributed by atoms with Crippen LogP contribution >= 0.6 is 0 Å². The molecule has 0 spiro atoms. The van der Waals surface area contributed by atoms with Crippen LogP contribution < -0.4 is 5.32 Å². The molecule has 2 heteroatoms. The molecule has 0 fully saturated rings. The van der Waals surface area contributed by atoms with E-state index in [2.05, 4.69) is 33.0 Å². The molecule has 1 N–H and O–H groups in total. The van der Waals surface area contributed by atoms with Gasteiger partial charge in [-0.05, 0) is 24.2 Å². The highest BCUT2D eigenvalue weighted by atomic mass is 16.5. The van der Waals surface area contributed by atoms with Gasteiger partial charge in [0.25, 0.3) is 0 Å². The molecule has 0 aromatic carbocycles. The van der Waals surface area contributed by atoms with Gasteiger partial charge in [0.2, 0.25) is 0 Å². The zero-order valence-electron chi connectivity index (χ0n) is 11.9. The molecule has 98 valence electrons. The fourth-order valence-electron chi connectivity index (χ4n) is 2.34. The molecule has 2 atom stereocenters. The Morgan fingerprint density at radius 1 is 1.31 bits per heavy atom. The van der Waals surface area contributed by atoms with Gasteiger partial charge in [0.15, 0.2) is 0 Å². The van der Waals surface area contributed by atoms with Crippen molar-refractivity contribution in [3.05, 3.63) is 0 Å². The summed E-state index contributed by atoms with van der Waals surface area (Å²) in [6.07, 6.45) is 5.24. The van der Waals surface area contributed by atoms with Crippen LogP contribution in [0.15, 0.2) is 0 Å². The highest BCUT2D eigenvalue weighted by Crippen LogP contribution is 2.30. The van der Waals surface area contributed by atoms with Gasteiger partial charge in [-0.3, -0.25) is 0 Å². The second-order valence-corrected chi connectivity index (χ2v) is 5.43. The zero-order valence-corrected chi connectivity index (χ0v) is 11.9. The fourth-order valence-corrected chi connectivity index (χ4v) is 2.34. The molecule has 2 nitrogen and oxygen atoms in total. The van der Waals surface area contributed by atoms with Crippen LogP contribution in [0.4, 0.5) is 0 Å². The molecule has 0 heterocycles. The second kappa shape index (κ2) is 9.00. The van der Waals surface area contributed by atoms with E-state index in [0.29, 0.717) is 5.41 Å². The lowest BCUT2D eigenvalue weighted by atomic mass is 9.78. The topological polar surface area (TPSA) is 21.3 Å². The summed E-state index contributed by atoms with van der Waals surface area (Å²) in [7, 11) is 1.75. The maximum absolute atomic E-state index is 5.05. The summed E-state index contributed by atoms with van der Waals surface area (Å²) in [4.78, 5) is 0. The third-order valence-corrected chi connectivity index (χ3v) is 3.51. The van der Waals surface area contributed by atoms with E-state index >= 15 is 0 Å². The van der Waals surface area contributed by atoms with Crippen LogP contribution in [0.2, 0.25) is 0 Å². The van der Waals surface area contributed by atoms with Crippen LogP contribution in [0.5, 0.6) is 0 Å². The van der Waals surface area contributed by atoms with Crippen molar-refractivity contribution in [1.82, 2.24) is 5.32 Å². The van der Waals surface area contributed by atoms with E-state index in [4.69, 9.17) is 4.74 Å². The van der Waals surface area contributed by atoms with Gasteiger partial charge in [-0.2, -0.15) is 0 Å². The van der Waals surface area contributed by atoms with E-state index in [9.17, 15) is 0 Å². The average molecular weight is 229 g/mol. The van der Waals surface area contributed by atoms with Crippen molar-refractivity contribution in [1.29, 1.82) is 0 Å². The average Bonchev–Trinajstić information content (AvgIpc) is 2.25. The van der Waals surface area contributed by atoms with Gasteiger partial charge in [0, 0.05) is 20.2 Å². The lowest BCUT2D eigenvalue weighted by Gasteiger charge is -2.31. The zero-order chi connectivity index (χ0) is 12.4. The molecule has 0 aromatic heterocycles. The maximum Gasteiger partial charge on any atom is 0.0587 e. The van der Waals surface area contributed by atoms with Crippen molar-refractivity contribution < 1.29 is 4.74 Å². The van der Waals surface area contributed by atoms with Gasteiger partial charge in [-0.1, -0.05) is 40.5 Å². The normalized spacial score (nSPS) is 17.1.